The number of carbonyl (C=O) groups is 3. The zero-order valence-corrected chi connectivity index (χ0v) is 52.7. The lowest BCUT2D eigenvalue weighted by molar-refractivity contribution is -0.167. The lowest BCUT2D eigenvalue weighted by Crippen LogP contribution is -2.30. The zero-order chi connectivity index (χ0) is 56.4. The first kappa shape index (κ1) is 75.6. The maximum Gasteiger partial charge on any atom is 0.306 e. The number of rotatable bonds is 65. The fraction of sp³-hybridized carbons (Fsp3) is 0.875. The van der Waals surface area contributed by atoms with E-state index in [-0.39, 0.29) is 31.1 Å². The van der Waals surface area contributed by atoms with Gasteiger partial charge in [0.05, 0.1) is 0 Å². The van der Waals surface area contributed by atoms with Gasteiger partial charge < -0.3 is 14.2 Å². The molecule has 6 nitrogen and oxygen atoms in total. The van der Waals surface area contributed by atoms with Crippen LogP contribution in [0.15, 0.2) is 36.5 Å². The largest absolute Gasteiger partial charge is 0.462 e. The second-order valence-corrected chi connectivity index (χ2v) is 23.8. The van der Waals surface area contributed by atoms with Crippen LogP contribution in [-0.4, -0.2) is 37.2 Å². The van der Waals surface area contributed by atoms with Crippen molar-refractivity contribution >= 4 is 17.9 Å². The van der Waals surface area contributed by atoms with Crippen molar-refractivity contribution in [3.8, 4) is 0 Å². The second kappa shape index (κ2) is 67.1. The monoisotopic (exact) mass is 1100 g/mol. The molecule has 0 heterocycles. The highest BCUT2D eigenvalue weighted by molar-refractivity contribution is 5.71. The van der Waals surface area contributed by atoms with Gasteiger partial charge in [-0.1, -0.05) is 327 Å². The highest BCUT2D eigenvalue weighted by atomic mass is 16.6. The summed E-state index contributed by atoms with van der Waals surface area (Å²) < 4.78 is 17.0. The van der Waals surface area contributed by atoms with E-state index in [1.807, 2.05) is 0 Å². The Balaban J connectivity index is 4.33. The number of unbranched alkanes of at least 4 members (excludes halogenated alkanes) is 48. The van der Waals surface area contributed by atoms with Gasteiger partial charge in [0.25, 0.3) is 0 Å². The van der Waals surface area contributed by atoms with Crippen molar-refractivity contribution in [1.82, 2.24) is 0 Å². The summed E-state index contributed by atoms with van der Waals surface area (Å²) >= 11 is 0. The molecule has 0 saturated heterocycles. The molecule has 0 amide bonds. The van der Waals surface area contributed by atoms with Gasteiger partial charge in [0.1, 0.15) is 13.2 Å². The minimum atomic E-state index is -0.775. The van der Waals surface area contributed by atoms with E-state index in [1.54, 1.807) is 0 Å². The lowest BCUT2D eigenvalue weighted by atomic mass is 10.0. The normalized spacial score (nSPS) is 12.2. The van der Waals surface area contributed by atoms with Crippen LogP contribution in [0.25, 0.3) is 0 Å². The highest BCUT2D eigenvalue weighted by Crippen LogP contribution is 2.18. The topological polar surface area (TPSA) is 78.9 Å². The molecular formula is C72H134O6. The summed E-state index contributed by atoms with van der Waals surface area (Å²) in [6.07, 6.45) is 83.0. The summed E-state index contributed by atoms with van der Waals surface area (Å²) in [6.45, 7) is 6.69. The molecule has 0 aliphatic carbocycles. The molecule has 0 aliphatic rings. The number of hydrogen-bond donors (Lipinski definition) is 0. The molecule has 0 rings (SSSR count). The number of hydrogen-bond acceptors (Lipinski definition) is 6. The Morgan fingerprint density at radius 1 is 0.256 bits per heavy atom. The minimum Gasteiger partial charge on any atom is -0.462 e. The molecule has 0 bridgehead atoms. The van der Waals surface area contributed by atoms with Crippen LogP contribution in [0.1, 0.15) is 387 Å². The van der Waals surface area contributed by atoms with Crippen LogP contribution in [0.2, 0.25) is 0 Å². The Kier molecular flexibility index (Phi) is 65.1. The predicted molar refractivity (Wildman–Crippen MR) is 339 cm³/mol. The standard InChI is InChI=1S/C72H134O6/c1-4-7-10-13-16-19-22-25-28-31-34-36-38-41-44-47-50-53-56-59-62-65-71(74)77-68-69(67-76-70(73)64-61-58-55-52-49-46-43-40-33-30-27-24-21-18-15-12-9-6-3)78-72(75)66-63-60-57-54-51-48-45-42-39-37-35-32-29-26-23-20-17-14-11-8-5-2/h21,24,30-31,33-34,69H,4-20,22-23,25-29,32,35-68H2,1-3H3/b24-21-,33-30-,34-31-. The van der Waals surface area contributed by atoms with Crippen LogP contribution in [-0.2, 0) is 28.6 Å². The van der Waals surface area contributed by atoms with Gasteiger partial charge in [0, 0.05) is 19.3 Å². The van der Waals surface area contributed by atoms with Crippen molar-refractivity contribution in [2.24, 2.45) is 0 Å². The summed E-state index contributed by atoms with van der Waals surface area (Å²) in [4.78, 5) is 38.5. The molecule has 6 heteroatoms. The molecule has 0 saturated carbocycles. The van der Waals surface area contributed by atoms with Gasteiger partial charge in [-0.3, -0.25) is 14.4 Å². The Hall–Kier alpha value is -2.37. The fourth-order valence-electron chi connectivity index (χ4n) is 10.6. The van der Waals surface area contributed by atoms with E-state index < -0.39 is 6.10 Å². The van der Waals surface area contributed by atoms with Crippen molar-refractivity contribution in [1.29, 1.82) is 0 Å². The number of esters is 3. The van der Waals surface area contributed by atoms with Crippen LogP contribution in [0.3, 0.4) is 0 Å². The number of ether oxygens (including phenoxy) is 3. The Morgan fingerprint density at radius 2 is 0.462 bits per heavy atom. The molecule has 0 radical (unpaired) electrons. The Morgan fingerprint density at radius 3 is 0.731 bits per heavy atom. The molecule has 1 unspecified atom stereocenters. The third kappa shape index (κ3) is 64.5. The number of allylic oxidation sites excluding steroid dienone is 6. The van der Waals surface area contributed by atoms with Crippen LogP contribution < -0.4 is 0 Å². The predicted octanol–water partition coefficient (Wildman–Crippen LogP) is 23.9. The van der Waals surface area contributed by atoms with E-state index in [2.05, 4.69) is 57.2 Å². The lowest BCUT2D eigenvalue weighted by Gasteiger charge is -2.18. The molecular weight excluding hydrogens is 961 g/mol. The molecule has 0 fully saturated rings. The van der Waals surface area contributed by atoms with E-state index in [0.29, 0.717) is 19.3 Å². The smallest absolute Gasteiger partial charge is 0.306 e. The van der Waals surface area contributed by atoms with E-state index in [9.17, 15) is 14.4 Å². The first-order valence-corrected chi connectivity index (χ1v) is 35.0. The average molecular weight is 1100 g/mol. The Bertz CT molecular complexity index is 1300. The molecule has 0 N–H and O–H groups in total. The van der Waals surface area contributed by atoms with E-state index in [4.69, 9.17) is 14.2 Å². The van der Waals surface area contributed by atoms with Gasteiger partial charge in [-0.2, -0.15) is 0 Å². The summed E-state index contributed by atoms with van der Waals surface area (Å²) in [7, 11) is 0. The molecule has 0 aromatic heterocycles. The van der Waals surface area contributed by atoms with Crippen molar-refractivity contribution in [3.63, 3.8) is 0 Å². The Labute approximate surface area is 486 Å². The average Bonchev–Trinajstić information content (AvgIpc) is 3.44. The van der Waals surface area contributed by atoms with Crippen molar-refractivity contribution in [3.05, 3.63) is 36.5 Å². The van der Waals surface area contributed by atoms with Crippen LogP contribution >= 0.6 is 0 Å². The maximum atomic E-state index is 13.0. The van der Waals surface area contributed by atoms with Crippen molar-refractivity contribution in [2.45, 2.75) is 393 Å². The summed E-state index contributed by atoms with van der Waals surface area (Å²) in [5.41, 5.74) is 0. The second-order valence-electron chi connectivity index (χ2n) is 23.8. The summed E-state index contributed by atoms with van der Waals surface area (Å²) in [6, 6.07) is 0. The molecule has 0 aliphatic heterocycles. The zero-order valence-electron chi connectivity index (χ0n) is 52.7. The van der Waals surface area contributed by atoms with Gasteiger partial charge in [0.2, 0.25) is 0 Å². The SMILES string of the molecule is CCCCCC/C=C\C/C=C\CCCCCCCCCC(=O)OCC(COC(=O)CCCCCCCCCCC/C=C\CCCCCCCCCC)OC(=O)CCCCCCCCCCCCCCCCCCCCCCC. The third-order valence-electron chi connectivity index (χ3n) is 15.9. The molecule has 458 valence electrons. The van der Waals surface area contributed by atoms with E-state index in [0.717, 1.165) is 70.6 Å². The number of carbonyl (C=O) groups excluding carboxylic acids is 3. The maximum absolute atomic E-state index is 13.0. The summed E-state index contributed by atoms with van der Waals surface area (Å²) in [5.74, 6) is -0.851. The summed E-state index contributed by atoms with van der Waals surface area (Å²) in [5, 5.41) is 0. The molecule has 78 heavy (non-hydrogen) atoms. The van der Waals surface area contributed by atoms with Gasteiger partial charge in [-0.05, 0) is 77.0 Å². The third-order valence-corrected chi connectivity index (χ3v) is 15.9. The first-order chi connectivity index (χ1) is 38.5. The van der Waals surface area contributed by atoms with Crippen LogP contribution in [0.4, 0.5) is 0 Å². The van der Waals surface area contributed by atoms with Gasteiger partial charge >= 0.3 is 17.9 Å². The molecule has 0 aromatic rings. The quantitative estimate of drug-likeness (QED) is 0.0261. The molecule has 0 spiro atoms. The van der Waals surface area contributed by atoms with Crippen molar-refractivity contribution < 1.29 is 28.6 Å². The molecule has 0 aromatic carbocycles. The first-order valence-electron chi connectivity index (χ1n) is 35.0. The van der Waals surface area contributed by atoms with Gasteiger partial charge in [-0.15, -0.1) is 0 Å². The van der Waals surface area contributed by atoms with Crippen LogP contribution in [0.5, 0.6) is 0 Å². The molecule has 1 atom stereocenters. The van der Waals surface area contributed by atoms with Crippen molar-refractivity contribution in [2.75, 3.05) is 13.2 Å². The fourth-order valence-corrected chi connectivity index (χ4v) is 10.6. The highest BCUT2D eigenvalue weighted by Gasteiger charge is 2.19. The van der Waals surface area contributed by atoms with Gasteiger partial charge in [-0.25, -0.2) is 0 Å². The van der Waals surface area contributed by atoms with Crippen LogP contribution in [0, 0.1) is 0 Å². The van der Waals surface area contributed by atoms with Gasteiger partial charge in [0.15, 0.2) is 6.10 Å². The minimum absolute atomic E-state index is 0.0712. The van der Waals surface area contributed by atoms with E-state index in [1.165, 1.54) is 276 Å². The van der Waals surface area contributed by atoms with E-state index >= 15 is 0 Å².